The Balaban J connectivity index is 2.07. The molecule has 2 N–H and O–H groups in total. The van der Waals surface area contributed by atoms with Gasteiger partial charge in [-0.3, -0.25) is 4.99 Å². The molecule has 1 fully saturated rings. The summed E-state index contributed by atoms with van der Waals surface area (Å²) in [5.74, 6) is 1.93. The van der Waals surface area contributed by atoms with E-state index in [9.17, 15) is 0 Å². The molecule has 112 valence electrons. The highest BCUT2D eigenvalue weighted by Gasteiger charge is 2.13. The fourth-order valence-electron chi connectivity index (χ4n) is 2.65. The molecule has 0 saturated heterocycles. The van der Waals surface area contributed by atoms with Crippen molar-refractivity contribution >= 4 is 5.96 Å². The fourth-order valence-corrected chi connectivity index (χ4v) is 2.65. The summed E-state index contributed by atoms with van der Waals surface area (Å²) in [4.78, 5) is 4.59. The van der Waals surface area contributed by atoms with Gasteiger partial charge in [0.1, 0.15) is 0 Å². The lowest BCUT2D eigenvalue weighted by molar-refractivity contribution is 0.203. The SMILES string of the molecule is CCNC(=NCCCCC1CCCC1)NCCOC. The van der Waals surface area contributed by atoms with Crippen molar-refractivity contribution in [1.29, 1.82) is 0 Å². The fraction of sp³-hybridized carbons (Fsp3) is 0.933. The predicted octanol–water partition coefficient (Wildman–Crippen LogP) is 2.55. The molecule has 0 atom stereocenters. The Labute approximate surface area is 118 Å². The van der Waals surface area contributed by atoms with Crippen molar-refractivity contribution in [3.63, 3.8) is 0 Å². The van der Waals surface area contributed by atoms with E-state index >= 15 is 0 Å². The summed E-state index contributed by atoms with van der Waals surface area (Å²) in [6.45, 7) is 5.44. The number of hydrogen-bond donors (Lipinski definition) is 2. The van der Waals surface area contributed by atoms with Gasteiger partial charge in [0.25, 0.3) is 0 Å². The second kappa shape index (κ2) is 11.1. The zero-order valence-corrected chi connectivity index (χ0v) is 12.7. The van der Waals surface area contributed by atoms with Gasteiger partial charge in [-0.2, -0.15) is 0 Å². The smallest absolute Gasteiger partial charge is 0.191 e. The number of nitrogens with one attached hydrogen (secondary N) is 2. The van der Waals surface area contributed by atoms with Gasteiger partial charge in [-0.1, -0.05) is 38.5 Å². The van der Waals surface area contributed by atoms with Gasteiger partial charge in [0.05, 0.1) is 6.61 Å². The van der Waals surface area contributed by atoms with Gasteiger partial charge in [-0.25, -0.2) is 0 Å². The van der Waals surface area contributed by atoms with E-state index in [2.05, 4.69) is 22.5 Å². The molecule has 0 unspecified atom stereocenters. The van der Waals surface area contributed by atoms with Crippen LogP contribution < -0.4 is 10.6 Å². The van der Waals surface area contributed by atoms with Crippen molar-refractivity contribution in [1.82, 2.24) is 10.6 Å². The van der Waals surface area contributed by atoms with E-state index in [1.54, 1.807) is 7.11 Å². The molecule has 1 saturated carbocycles. The van der Waals surface area contributed by atoms with Crippen LogP contribution in [0.3, 0.4) is 0 Å². The van der Waals surface area contributed by atoms with Crippen molar-refractivity contribution in [2.24, 2.45) is 10.9 Å². The second-order valence-electron chi connectivity index (χ2n) is 5.33. The largest absolute Gasteiger partial charge is 0.383 e. The van der Waals surface area contributed by atoms with E-state index in [1.165, 1.54) is 44.9 Å². The molecule has 1 aliphatic rings. The van der Waals surface area contributed by atoms with Crippen LogP contribution in [0.5, 0.6) is 0 Å². The van der Waals surface area contributed by atoms with Crippen molar-refractivity contribution in [3.05, 3.63) is 0 Å². The molecule has 1 aliphatic carbocycles. The lowest BCUT2D eigenvalue weighted by atomic mass is 10.0. The van der Waals surface area contributed by atoms with Gasteiger partial charge in [-0.05, 0) is 19.3 Å². The van der Waals surface area contributed by atoms with Gasteiger partial charge < -0.3 is 15.4 Å². The summed E-state index contributed by atoms with van der Waals surface area (Å²) in [6, 6.07) is 0. The molecule has 0 aromatic rings. The number of rotatable bonds is 9. The number of ether oxygens (including phenoxy) is 1. The lowest BCUT2D eigenvalue weighted by Crippen LogP contribution is -2.39. The van der Waals surface area contributed by atoms with E-state index in [4.69, 9.17) is 4.74 Å². The molecule has 0 aliphatic heterocycles. The zero-order valence-electron chi connectivity index (χ0n) is 12.7. The molecule has 0 aromatic heterocycles. The number of nitrogens with zero attached hydrogens (tertiary/aromatic N) is 1. The van der Waals surface area contributed by atoms with Crippen LogP contribution in [0.15, 0.2) is 4.99 Å². The monoisotopic (exact) mass is 269 g/mol. The van der Waals surface area contributed by atoms with Gasteiger partial charge in [-0.15, -0.1) is 0 Å². The summed E-state index contributed by atoms with van der Waals surface area (Å²) in [6.07, 6.45) is 9.77. The molecule has 1 rings (SSSR count). The average molecular weight is 269 g/mol. The minimum Gasteiger partial charge on any atom is -0.383 e. The van der Waals surface area contributed by atoms with Gasteiger partial charge in [0, 0.05) is 26.7 Å². The Hall–Kier alpha value is -0.770. The highest BCUT2D eigenvalue weighted by atomic mass is 16.5. The van der Waals surface area contributed by atoms with Crippen LogP contribution in [0.4, 0.5) is 0 Å². The third-order valence-corrected chi connectivity index (χ3v) is 3.71. The summed E-state index contributed by atoms with van der Waals surface area (Å²) in [7, 11) is 1.72. The minimum atomic E-state index is 0.714. The highest BCUT2D eigenvalue weighted by molar-refractivity contribution is 5.79. The maximum atomic E-state index is 5.03. The molecule has 0 spiro atoms. The van der Waals surface area contributed by atoms with Gasteiger partial charge in [0.15, 0.2) is 5.96 Å². The van der Waals surface area contributed by atoms with Crippen LogP contribution in [0, 0.1) is 5.92 Å². The first kappa shape index (κ1) is 16.3. The molecular formula is C15H31N3O. The standard InChI is InChI=1S/C15H31N3O/c1-3-16-15(18-12-13-19-2)17-11-7-6-10-14-8-4-5-9-14/h14H,3-13H2,1-2H3,(H2,16,17,18). The van der Waals surface area contributed by atoms with Crippen molar-refractivity contribution < 1.29 is 4.74 Å². The Morgan fingerprint density at radius 1 is 1.21 bits per heavy atom. The summed E-state index contributed by atoms with van der Waals surface area (Å²) < 4.78 is 5.03. The molecule has 0 radical (unpaired) electrons. The number of aliphatic imine (C=N–C) groups is 1. The lowest BCUT2D eigenvalue weighted by Gasteiger charge is -2.11. The maximum absolute atomic E-state index is 5.03. The van der Waals surface area contributed by atoms with Crippen LogP contribution in [0.25, 0.3) is 0 Å². The first-order valence-corrected chi connectivity index (χ1v) is 7.88. The van der Waals surface area contributed by atoms with E-state index in [-0.39, 0.29) is 0 Å². The molecule has 0 aromatic carbocycles. The van der Waals surface area contributed by atoms with Crippen LogP contribution in [-0.4, -0.2) is 39.3 Å². The third-order valence-electron chi connectivity index (χ3n) is 3.71. The summed E-state index contributed by atoms with van der Waals surface area (Å²) >= 11 is 0. The summed E-state index contributed by atoms with van der Waals surface area (Å²) in [5, 5.41) is 6.52. The summed E-state index contributed by atoms with van der Waals surface area (Å²) in [5.41, 5.74) is 0. The van der Waals surface area contributed by atoms with Crippen LogP contribution >= 0.6 is 0 Å². The quantitative estimate of drug-likeness (QED) is 0.384. The topological polar surface area (TPSA) is 45.7 Å². The van der Waals surface area contributed by atoms with E-state index in [0.29, 0.717) is 6.61 Å². The van der Waals surface area contributed by atoms with Crippen molar-refractivity contribution in [2.45, 2.75) is 51.9 Å². The van der Waals surface area contributed by atoms with Gasteiger partial charge >= 0.3 is 0 Å². The first-order valence-electron chi connectivity index (χ1n) is 7.88. The third kappa shape index (κ3) is 8.09. The van der Waals surface area contributed by atoms with Crippen molar-refractivity contribution in [2.75, 3.05) is 33.4 Å². The molecule has 0 bridgehead atoms. The highest BCUT2D eigenvalue weighted by Crippen LogP contribution is 2.28. The number of guanidine groups is 1. The van der Waals surface area contributed by atoms with E-state index in [1.807, 2.05) is 0 Å². The van der Waals surface area contributed by atoms with E-state index < -0.39 is 0 Å². The Bertz CT molecular complexity index is 238. The minimum absolute atomic E-state index is 0.714. The Morgan fingerprint density at radius 2 is 2.00 bits per heavy atom. The normalized spacial score (nSPS) is 16.8. The zero-order chi connectivity index (χ0) is 13.8. The van der Waals surface area contributed by atoms with Crippen LogP contribution in [0.1, 0.15) is 51.9 Å². The Kier molecular flexibility index (Phi) is 9.51. The molecule has 0 heterocycles. The van der Waals surface area contributed by atoms with Crippen LogP contribution in [0.2, 0.25) is 0 Å². The van der Waals surface area contributed by atoms with Crippen LogP contribution in [-0.2, 0) is 4.74 Å². The molecule has 4 heteroatoms. The molecule has 4 nitrogen and oxygen atoms in total. The first-order chi connectivity index (χ1) is 9.36. The maximum Gasteiger partial charge on any atom is 0.191 e. The number of unbranched alkanes of at least 4 members (excludes halogenated alkanes) is 1. The van der Waals surface area contributed by atoms with E-state index in [0.717, 1.165) is 31.5 Å². The predicted molar refractivity (Wildman–Crippen MR) is 81.7 cm³/mol. The second-order valence-corrected chi connectivity index (χ2v) is 5.33. The molecular weight excluding hydrogens is 238 g/mol. The van der Waals surface area contributed by atoms with Crippen molar-refractivity contribution in [3.8, 4) is 0 Å². The molecule has 0 amide bonds. The number of methoxy groups -OCH3 is 1. The number of hydrogen-bond acceptors (Lipinski definition) is 2. The Morgan fingerprint density at radius 3 is 2.68 bits per heavy atom. The average Bonchev–Trinajstić information content (AvgIpc) is 2.91. The molecule has 19 heavy (non-hydrogen) atoms. The van der Waals surface area contributed by atoms with Gasteiger partial charge in [0.2, 0.25) is 0 Å².